The number of carbonyl (C=O) groups is 1. The number of nitrogens with zero attached hydrogens (tertiary/aromatic N) is 2. The van der Waals surface area contributed by atoms with E-state index in [9.17, 15) is 18.0 Å². The van der Waals surface area contributed by atoms with Crippen LogP contribution >= 0.6 is 0 Å². The van der Waals surface area contributed by atoms with E-state index in [4.69, 9.17) is 4.74 Å². The SMILES string of the molecule is O=C(Nc1cnc(Oc2ccccc2F)nc1)Nc1ccc(F)c(F)c1. The maximum atomic E-state index is 13.5. The molecule has 26 heavy (non-hydrogen) atoms. The first-order valence-electron chi connectivity index (χ1n) is 7.29. The van der Waals surface area contributed by atoms with Gasteiger partial charge in [0.2, 0.25) is 0 Å². The smallest absolute Gasteiger partial charge is 0.323 e. The summed E-state index contributed by atoms with van der Waals surface area (Å²) in [6.07, 6.45) is 2.49. The van der Waals surface area contributed by atoms with Crippen molar-refractivity contribution in [2.75, 3.05) is 10.6 Å². The Hall–Kier alpha value is -3.62. The van der Waals surface area contributed by atoms with Crippen molar-refractivity contribution in [2.24, 2.45) is 0 Å². The van der Waals surface area contributed by atoms with Crippen molar-refractivity contribution in [3.8, 4) is 11.8 Å². The van der Waals surface area contributed by atoms with Crippen LogP contribution in [0.5, 0.6) is 11.8 Å². The summed E-state index contributed by atoms with van der Waals surface area (Å²) in [4.78, 5) is 19.5. The molecule has 0 aliphatic rings. The minimum absolute atomic E-state index is 0.0377. The predicted octanol–water partition coefficient (Wildman–Crippen LogP) is 4.33. The quantitative estimate of drug-likeness (QED) is 0.726. The number of rotatable bonds is 4. The molecule has 0 unspecified atom stereocenters. The molecule has 0 saturated carbocycles. The largest absolute Gasteiger partial charge is 0.421 e. The average molecular weight is 360 g/mol. The number of amides is 2. The summed E-state index contributed by atoms with van der Waals surface area (Å²) >= 11 is 0. The minimum Gasteiger partial charge on any atom is -0.421 e. The second-order valence-corrected chi connectivity index (χ2v) is 4.99. The van der Waals surface area contributed by atoms with Gasteiger partial charge in [-0.1, -0.05) is 12.1 Å². The van der Waals surface area contributed by atoms with Crippen molar-refractivity contribution >= 4 is 17.4 Å². The summed E-state index contributed by atoms with van der Waals surface area (Å²) in [6, 6.07) is 7.88. The van der Waals surface area contributed by atoms with Crippen molar-refractivity contribution in [1.29, 1.82) is 0 Å². The van der Waals surface area contributed by atoms with Crippen LogP contribution in [0.4, 0.5) is 29.3 Å². The van der Waals surface area contributed by atoms with Crippen molar-refractivity contribution in [3.63, 3.8) is 0 Å². The summed E-state index contributed by atoms with van der Waals surface area (Å²) in [5.41, 5.74) is 0.285. The summed E-state index contributed by atoms with van der Waals surface area (Å²) in [5, 5.41) is 4.73. The number of hydrogen-bond acceptors (Lipinski definition) is 4. The van der Waals surface area contributed by atoms with Gasteiger partial charge in [-0.05, 0) is 24.3 Å². The normalized spacial score (nSPS) is 10.3. The lowest BCUT2D eigenvalue weighted by atomic mass is 10.3. The molecule has 0 aliphatic heterocycles. The molecule has 132 valence electrons. The van der Waals surface area contributed by atoms with Gasteiger partial charge in [0.05, 0.1) is 18.1 Å². The number of benzene rings is 2. The third-order valence-electron chi connectivity index (χ3n) is 3.10. The Balaban J connectivity index is 1.61. The van der Waals surface area contributed by atoms with Crippen LogP contribution in [0.1, 0.15) is 0 Å². The molecule has 2 aromatic carbocycles. The average Bonchev–Trinajstić information content (AvgIpc) is 2.62. The van der Waals surface area contributed by atoms with Gasteiger partial charge in [0.15, 0.2) is 23.2 Å². The number of ether oxygens (including phenoxy) is 1. The molecule has 0 saturated heterocycles. The highest BCUT2D eigenvalue weighted by atomic mass is 19.2. The molecule has 3 aromatic rings. The molecule has 0 fully saturated rings. The first-order chi connectivity index (χ1) is 12.5. The zero-order chi connectivity index (χ0) is 18.5. The summed E-state index contributed by atoms with van der Waals surface area (Å²) in [6.45, 7) is 0. The predicted molar refractivity (Wildman–Crippen MR) is 87.5 cm³/mol. The van der Waals surface area contributed by atoms with E-state index in [0.29, 0.717) is 0 Å². The second kappa shape index (κ2) is 7.51. The van der Waals surface area contributed by atoms with Crippen LogP contribution in [-0.2, 0) is 0 Å². The molecule has 0 aliphatic carbocycles. The Bertz CT molecular complexity index is 936. The third kappa shape index (κ3) is 4.26. The Labute approximate surface area is 145 Å². The van der Waals surface area contributed by atoms with E-state index >= 15 is 0 Å². The van der Waals surface area contributed by atoms with Gasteiger partial charge in [-0.2, -0.15) is 0 Å². The van der Waals surface area contributed by atoms with Gasteiger partial charge in [-0.3, -0.25) is 0 Å². The number of urea groups is 1. The fourth-order valence-electron chi connectivity index (χ4n) is 1.93. The van der Waals surface area contributed by atoms with E-state index in [0.717, 1.165) is 12.1 Å². The number of halogens is 3. The summed E-state index contributed by atoms with van der Waals surface area (Å²) in [5.74, 6) is -2.70. The number of anilines is 2. The van der Waals surface area contributed by atoms with E-state index in [2.05, 4.69) is 20.6 Å². The highest BCUT2D eigenvalue weighted by Gasteiger charge is 2.09. The summed E-state index contributed by atoms with van der Waals surface area (Å²) in [7, 11) is 0. The highest BCUT2D eigenvalue weighted by molar-refractivity contribution is 5.99. The first-order valence-corrected chi connectivity index (χ1v) is 7.29. The Morgan fingerprint density at radius 2 is 1.54 bits per heavy atom. The number of carbonyl (C=O) groups excluding carboxylic acids is 1. The van der Waals surface area contributed by atoms with Crippen molar-refractivity contribution in [2.45, 2.75) is 0 Å². The fourth-order valence-corrected chi connectivity index (χ4v) is 1.93. The van der Waals surface area contributed by atoms with Crippen LogP contribution in [0.3, 0.4) is 0 Å². The molecule has 0 atom stereocenters. The molecule has 6 nitrogen and oxygen atoms in total. The zero-order valence-corrected chi connectivity index (χ0v) is 13.0. The highest BCUT2D eigenvalue weighted by Crippen LogP contribution is 2.21. The van der Waals surface area contributed by atoms with Crippen LogP contribution in [0, 0.1) is 17.5 Å². The lowest BCUT2D eigenvalue weighted by Gasteiger charge is -2.08. The van der Waals surface area contributed by atoms with Crippen LogP contribution in [-0.4, -0.2) is 16.0 Å². The van der Waals surface area contributed by atoms with E-state index in [1.165, 1.54) is 36.7 Å². The Morgan fingerprint density at radius 3 is 2.23 bits per heavy atom. The van der Waals surface area contributed by atoms with Crippen molar-refractivity contribution in [1.82, 2.24) is 9.97 Å². The Kier molecular flexibility index (Phi) is 4.97. The minimum atomic E-state index is -1.08. The van der Waals surface area contributed by atoms with Gasteiger partial charge in [0, 0.05) is 11.8 Å². The van der Waals surface area contributed by atoms with Crippen molar-refractivity contribution < 1.29 is 22.7 Å². The second-order valence-electron chi connectivity index (χ2n) is 4.99. The fraction of sp³-hybridized carbons (Fsp3) is 0. The summed E-state index contributed by atoms with van der Waals surface area (Å²) < 4.78 is 44.6. The lowest BCUT2D eigenvalue weighted by Crippen LogP contribution is -2.19. The monoisotopic (exact) mass is 360 g/mol. The standard InChI is InChI=1S/C17H11F3N4O2/c18-12-6-5-10(7-14(12)20)23-16(25)24-11-8-21-17(22-9-11)26-15-4-2-1-3-13(15)19/h1-9H,(H2,23,24,25). The van der Waals surface area contributed by atoms with Crippen LogP contribution in [0.15, 0.2) is 54.9 Å². The molecule has 2 N–H and O–H groups in total. The third-order valence-corrected chi connectivity index (χ3v) is 3.10. The first kappa shape index (κ1) is 17.2. The maximum absolute atomic E-state index is 13.5. The van der Waals surface area contributed by atoms with Gasteiger partial charge < -0.3 is 15.4 Å². The lowest BCUT2D eigenvalue weighted by molar-refractivity contribution is 0.262. The van der Waals surface area contributed by atoms with Crippen molar-refractivity contribution in [3.05, 3.63) is 72.3 Å². The number of para-hydroxylation sites is 1. The van der Waals surface area contributed by atoms with Crippen LogP contribution in [0.2, 0.25) is 0 Å². The molecule has 1 aromatic heterocycles. The van der Waals surface area contributed by atoms with Gasteiger partial charge in [-0.25, -0.2) is 27.9 Å². The number of aromatic nitrogens is 2. The van der Waals surface area contributed by atoms with Gasteiger partial charge in [0.25, 0.3) is 0 Å². The molecule has 3 rings (SSSR count). The zero-order valence-electron chi connectivity index (χ0n) is 13.0. The topological polar surface area (TPSA) is 76.1 Å². The molecule has 0 bridgehead atoms. The van der Waals surface area contributed by atoms with E-state index in [1.807, 2.05) is 0 Å². The van der Waals surface area contributed by atoms with Crippen LogP contribution < -0.4 is 15.4 Å². The molecular weight excluding hydrogens is 349 g/mol. The molecule has 9 heteroatoms. The van der Waals surface area contributed by atoms with E-state index in [-0.39, 0.29) is 23.1 Å². The Morgan fingerprint density at radius 1 is 0.846 bits per heavy atom. The maximum Gasteiger partial charge on any atom is 0.323 e. The number of nitrogens with one attached hydrogen (secondary N) is 2. The van der Waals surface area contributed by atoms with E-state index < -0.39 is 23.5 Å². The van der Waals surface area contributed by atoms with Gasteiger partial charge in [0.1, 0.15) is 0 Å². The molecule has 1 heterocycles. The van der Waals surface area contributed by atoms with Crippen LogP contribution in [0.25, 0.3) is 0 Å². The molecular formula is C17H11F3N4O2. The van der Waals surface area contributed by atoms with E-state index in [1.54, 1.807) is 6.07 Å². The van der Waals surface area contributed by atoms with Gasteiger partial charge in [-0.15, -0.1) is 0 Å². The molecule has 0 radical (unpaired) electrons. The van der Waals surface area contributed by atoms with Gasteiger partial charge >= 0.3 is 12.0 Å². The number of hydrogen-bond donors (Lipinski definition) is 2. The molecule has 2 amide bonds. The molecule has 0 spiro atoms.